The minimum Gasteiger partial charge on any atom is -0.477 e. The van der Waals surface area contributed by atoms with Crippen molar-refractivity contribution in [2.24, 2.45) is 0 Å². The lowest BCUT2D eigenvalue weighted by Gasteiger charge is -2.06. The van der Waals surface area contributed by atoms with Crippen LogP contribution in [0, 0.1) is 0 Å². The van der Waals surface area contributed by atoms with Crippen LogP contribution in [0.15, 0.2) is 22.5 Å². The summed E-state index contributed by atoms with van der Waals surface area (Å²) in [6.45, 7) is 2.24. The van der Waals surface area contributed by atoms with Gasteiger partial charge in [-0.15, -0.1) is 0 Å². The van der Waals surface area contributed by atoms with Gasteiger partial charge >= 0.3 is 0 Å². The number of hydrogen-bond acceptors (Lipinski definition) is 5. The summed E-state index contributed by atoms with van der Waals surface area (Å²) in [5.41, 5.74) is 6.95. The zero-order valence-electron chi connectivity index (χ0n) is 8.59. The second-order valence-electron chi connectivity index (χ2n) is 3.14. The molecule has 0 aliphatic rings. The first-order chi connectivity index (χ1) is 7.72. The van der Waals surface area contributed by atoms with Crippen molar-refractivity contribution < 1.29 is 4.74 Å². The van der Waals surface area contributed by atoms with Crippen LogP contribution < -0.4 is 5.73 Å². The predicted molar refractivity (Wildman–Crippen MR) is 68.6 cm³/mol. The zero-order chi connectivity index (χ0) is 11.5. The second-order valence-corrected chi connectivity index (χ2v) is 3.76. The lowest BCUT2D eigenvalue weighted by molar-refractivity contribution is 0.149. The molecule has 0 bridgehead atoms. The highest BCUT2D eigenvalue weighted by Gasteiger charge is 2.07. The van der Waals surface area contributed by atoms with Crippen molar-refractivity contribution >= 4 is 39.6 Å². The maximum Gasteiger partial charge on any atom is 0.168 e. The first-order valence-electron chi connectivity index (χ1n) is 4.53. The van der Waals surface area contributed by atoms with Crippen molar-refractivity contribution in [3.05, 3.63) is 22.5 Å². The fourth-order valence-corrected chi connectivity index (χ4v) is 1.38. The van der Waals surface area contributed by atoms with Gasteiger partial charge in [0.2, 0.25) is 0 Å². The lowest BCUT2D eigenvalue weighted by atomic mass is 10.5. The molecule has 0 aromatic carbocycles. The van der Waals surface area contributed by atoms with Crippen LogP contribution in [0.3, 0.4) is 0 Å². The monoisotopic (exact) mass is 331 g/mol. The minimum atomic E-state index is 0.359. The van der Waals surface area contributed by atoms with Gasteiger partial charge in [0.25, 0.3) is 0 Å². The van der Waals surface area contributed by atoms with Crippen LogP contribution in [-0.2, 0) is 11.5 Å². The van der Waals surface area contributed by atoms with Crippen molar-refractivity contribution in [1.29, 1.82) is 0 Å². The Kier molecular flexibility index (Phi) is 3.22. The summed E-state index contributed by atoms with van der Waals surface area (Å²) in [4.78, 5) is 12.1. The Morgan fingerprint density at radius 3 is 3.12 bits per heavy atom. The molecule has 0 atom stereocenters. The standard InChI is InChI=1S/C9H10IN5O/c1-6(2-10)16-5-15-4-14-7-8(11)12-3-13-9(7)15/h2-4H,5H2,1H3,(H2,11,12,13). The van der Waals surface area contributed by atoms with Gasteiger partial charge in [-0.2, -0.15) is 0 Å². The molecule has 2 aromatic heterocycles. The quantitative estimate of drug-likeness (QED) is 0.684. The average molecular weight is 331 g/mol. The minimum absolute atomic E-state index is 0.359. The summed E-state index contributed by atoms with van der Waals surface area (Å²) in [5, 5.41) is 0. The molecule has 0 unspecified atom stereocenters. The molecule has 0 fully saturated rings. The average Bonchev–Trinajstić information content (AvgIpc) is 2.70. The van der Waals surface area contributed by atoms with E-state index in [2.05, 4.69) is 37.5 Å². The van der Waals surface area contributed by atoms with Gasteiger partial charge in [0, 0.05) is 4.08 Å². The van der Waals surface area contributed by atoms with E-state index in [0.29, 0.717) is 23.7 Å². The third-order valence-electron chi connectivity index (χ3n) is 2.01. The van der Waals surface area contributed by atoms with E-state index >= 15 is 0 Å². The predicted octanol–water partition coefficient (Wildman–Crippen LogP) is 1.68. The van der Waals surface area contributed by atoms with E-state index in [1.165, 1.54) is 6.33 Å². The Hall–Kier alpha value is -1.38. The van der Waals surface area contributed by atoms with E-state index < -0.39 is 0 Å². The number of ether oxygens (including phenoxy) is 1. The summed E-state index contributed by atoms with van der Waals surface area (Å²) in [6, 6.07) is 0. The lowest BCUT2D eigenvalue weighted by Crippen LogP contribution is -2.01. The second kappa shape index (κ2) is 4.64. The molecular weight excluding hydrogens is 321 g/mol. The summed E-state index contributed by atoms with van der Waals surface area (Å²) >= 11 is 2.12. The summed E-state index contributed by atoms with van der Waals surface area (Å²) in [7, 11) is 0. The SMILES string of the molecule is CC(=CI)OCn1cnc2c(N)ncnc21. The van der Waals surface area contributed by atoms with Crippen LogP contribution in [0.4, 0.5) is 5.82 Å². The van der Waals surface area contributed by atoms with E-state index in [4.69, 9.17) is 10.5 Å². The molecule has 0 radical (unpaired) electrons. The smallest absolute Gasteiger partial charge is 0.168 e. The maximum atomic E-state index is 5.67. The molecule has 16 heavy (non-hydrogen) atoms. The molecule has 0 aliphatic carbocycles. The van der Waals surface area contributed by atoms with Crippen LogP contribution >= 0.6 is 22.6 Å². The van der Waals surface area contributed by atoms with Gasteiger partial charge in [-0.05, 0) is 29.5 Å². The fraction of sp³-hybridized carbons (Fsp3) is 0.222. The number of nitrogens with two attached hydrogens (primary N) is 1. The molecule has 2 aromatic rings. The number of fused-ring (bicyclic) bond motifs is 1. The summed E-state index contributed by atoms with van der Waals surface area (Å²) < 4.78 is 9.09. The van der Waals surface area contributed by atoms with E-state index in [1.807, 2.05) is 11.0 Å². The molecule has 2 heterocycles. The molecule has 6 nitrogen and oxygen atoms in total. The Labute approximate surface area is 106 Å². The number of aromatic nitrogens is 4. The Balaban J connectivity index is 2.29. The largest absolute Gasteiger partial charge is 0.477 e. The normalized spacial score (nSPS) is 12.0. The van der Waals surface area contributed by atoms with Crippen molar-refractivity contribution in [3.63, 3.8) is 0 Å². The number of allylic oxidation sites excluding steroid dienone is 1. The van der Waals surface area contributed by atoms with Crippen LogP contribution in [0.1, 0.15) is 6.92 Å². The van der Waals surface area contributed by atoms with Gasteiger partial charge in [-0.3, -0.25) is 4.57 Å². The van der Waals surface area contributed by atoms with Crippen molar-refractivity contribution in [2.45, 2.75) is 13.7 Å². The number of nitrogen functional groups attached to an aromatic ring is 1. The maximum absolute atomic E-state index is 5.67. The number of rotatable bonds is 3. The molecule has 0 aliphatic heterocycles. The molecule has 0 amide bonds. The topological polar surface area (TPSA) is 78.9 Å². The summed E-state index contributed by atoms with van der Waals surface area (Å²) in [6.07, 6.45) is 3.05. The molecule has 2 rings (SSSR count). The Morgan fingerprint density at radius 1 is 1.56 bits per heavy atom. The van der Waals surface area contributed by atoms with Gasteiger partial charge in [0.15, 0.2) is 18.2 Å². The number of hydrogen-bond donors (Lipinski definition) is 1. The zero-order valence-corrected chi connectivity index (χ0v) is 10.7. The van der Waals surface area contributed by atoms with Gasteiger partial charge < -0.3 is 10.5 Å². The number of halogens is 1. The van der Waals surface area contributed by atoms with E-state index in [1.54, 1.807) is 10.9 Å². The highest BCUT2D eigenvalue weighted by molar-refractivity contribution is 14.1. The molecule has 7 heteroatoms. The molecule has 0 saturated carbocycles. The van der Waals surface area contributed by atoms with Crippen LogP contribution in [-0.4, -0.2) is 19.5 Å². The molecule has 0 saturated heterocycles. The van der Waals surface area contributed by atoms with Gasteiger partial charge in [-0.25, -0.2) is 15.0 Å². The highest BCUT2D eigenvalue weighted by atomic mass is 127. The number of anilines is 1. The van der Waals surface area contributed by atoms with Gasteiger partial charge in [0.05, 0.1) is 6.33 Å². The van der Waals surface area contributed by atoms with Crippen molar-refractivity contribution in [1.82, 2.24) is 19.5 Å². The van der Waals surface area contributed by atoms with E-state index in [-0.39, 0.29) is 0 Å². The number of imidazole rings is 1. The van der Waals surface area contributed by atoms with Crippen LogP contribution in [0.5, 0.6) is 0 Å². The first kappa shape index (κ1) is 11.1. The van der Waals surface area contributed by atoms with E-state index in [0.717, 1.165) is 5.76 Å². The summed E-state index contributed by atoms with van der Waals surface area (Å²) in [5.74, 6) is 1.22. The molecule has 0 spiro atoms. The Morgan fingerprint density at radius 2 is 2.38 bits per heavy atom. The third kappa shape index (κ3) is 2.08. The first-order valence-corrected chi connectivity index (χ1v) is 5.78. The Bertz CT molecular complexity index is 536. The van der Waals surface area contributed by atoms with Crippen LogP contribution in [0.25, 0.3) is 11.2 Å². The molecular formula is C9H10IN5O. The van der Waals surface area contributed by atoms with Crippen molar-refractivity contribution in [2.75, 3.05) is 5.73 Å². The fourth-order valence-electron chi connectivity index (χ4n) is 1.20. The van der Waals surface area contributed by atoms with Crippen LogP contribution in [0.2, 0.25) is 0 Å². The molecule has 2 N–H and O–H groups in total. The van der Waals surface area contributed by atoms with Crippen molar-refractivity contribution in [3.8, 4) is 0 Å². The molecule has 84 valence electrons. The number of nitrogens with zero attached hydrogens (tertiary/aromatic N) is 4. The highest BCUT2D eigenvalue weighted by Crippen LogP contribution is 2.14. The third-order valence-corrected chi connectivity index (χ3v) is 2.89. The van der Waals surface area contributed by atoms with E-state index in [9.17, 15) is 0 Å². The van der Waals surface area contributed by atoms with Gasteiger partial charge in [-0.1, -0.05) is 0 Å². The van der Waals surface area contributed by atoms with Gasteiger partial charge in [0.1, 0.15) is 17.6 Å².